The average molecular weight is 400 g/mol. The van der Waals surface area contributed by atoms with Gasteiger partial charge in [0.1, 0.15) is 10.8 Å². The van der Waals surface area contributed by atoms with Gasteiger partial charge in [-0.1, -0.05) is 12.5 Å². The summed E-state index contributed by atoms with van der Waals surface area (Å²) < 4.78 is 28.2. The largest absolute Gasteiger partial charge is 0.382 e. The fourth-order valence-electron chi connectivity index (χ4n) is 2.66. The van der Waals surface area contributed by atoms with Crippen LogP contribution in [0.25, 0.3) is 0 Å². The summed E-state index contributed by atoms with van der Waals surface area (Å²) in [5.74, 6) is 0. The molecule has 1 saturated carbocycles. The first-order chi connectivity index (χ1) is 10.6. The third-order valence-corrected chi connectivity index (χ3v) is 7.24. The zero-order chi connectivity index (χ0) is 17.3. The lowest BCUT2D eigenvalue weighted by atomic mass is 9.84. The van der Waals surface area contributed by atoms with Crippen LogP contribution >= 0.6 is 15.9 Å². The number of halogens is 1. The maximum atomic E-state index is 12.8. The predicted molar refractivity (Wildman–Crippen MR) is 95.7 cm³/mol. The highest BCUT2D eigenvalue weighted by molar-refractivity contribution is 9.10. The molecular formula is C16H22BrN3O2S. The molecule has 126 valence electrons. The smallest absolute Gasteiger partial charge is 0.219 e. The molecular weight excluding hydrogens is 378 g/mol. The van der Waals surface area contributed by atoms with Crippen molar-refractivity contribution in [1.82, 2.24) is 4.72 Å². The molecule has 0 bridgehead atoms. The maximum absolute atomic E-state index is 12.8. The molecule has 5 nitrogen and oxygen atoms in total. The van der Waals surface area contributed by atoms with Crippen molar-refractivity contribution in [2.75, 3.05) is 11.9 Å². The summed E-state index contributed by atoms with van der Waals surface area (Å²) >= 11 is 3.34. The highest BCUT2D eigenvalue weighted by Crippen LogP contribution is 2.40. The zero-order valence-electron chi connectivity index (χ0n) is 13.6. The van der Waals surface area contributed by atoms with Crippen LogP contribution in [-0.2, 0) is 10.0 Å². The minimum absolute atomic E-state index is 0.295. The van der Waals surface area contributed by atoms with Crippen molar-refractivity contribution in [2.45, 2.75) is 50.3 Å². The van der Waals surface area contributed by atoms with Gasteiger partial charge in [-0.25, -0.2) is 13.1 Å². The van der Waals surface area contributed by atoms with E-state index in [2.05, 4.69) is 32.0 Å². The molecule has 0 aliphatic heterocycles. The number of sulfonamides is 1. The Morgan fingerprint density at radius 1 is 1.35 bits per heavy atom. The predicted octanol–water partition coefficient (Wildman–Crippen LogP) is 3.37. The summed E-state index contributed by atoms with van der Waals surface area (Å²) in [6.45, 7) is 5.81. The van der Waals surface area contributed by atoms with E-state index in [4.69, 9.17) is 0 Å². The SMILES string of the molecule is CC(C)(C)NS(=O)(=O)C1(CNc2cccc(Br)c2C#N)CCC1. The van der Waals surface area contributed by atoms with Crippen molar-refractivity contribution in [3.8, 4) is 6.07 Å². The van der Waals surface area contributed by atoms with Crippen LogP contribution in [0.5, 0.6) is 0 Å². The van der Waals surface area contributed by atoms with Crippen LogP contribution in [0.15, 0.2) is 22.7 Å². The van der Waals surface area contributed by atoms with Crippen molar-refractivity contribution in [1.29, 1.82) is 5.26 Å². The Morgan fingerprint density at radius 2 is 2.00 bits per heavy atom. The van der Waals surface area contributed by atoms with Crippen LogP contribution < -0.4 is 10.0 Å². The summed E-state index contributed by atoms with van der Waals surface area (Å²) in [4.78, 5) is 0. The van der Waals surface area contributed by atoms with E-state index < -0.39 is 20.3 Å². The molecule has 23 heavy (non-hydrogen) atoms. The van der Waals surface area contributed by atoms with Gasteiger partial charge in [-0.2, -0.15) is 5.26 Å². The summed E-state index contributed by atoms with van der Waals surface area (Å²) in [6.07, 6.45) is 2.15. The van der Waals surface area contributed by atoms with E-state index in [1.54, 1.807) is 12.1 Å². The molecule has 2 rings (SSSR count). The number of nitrogens with zero attached hydrogens (tertiary/aromatic N) is 1. The third kappa shape index (κ3) is 3.87. The summed E-state index contributed by atoms with van der Waals surface area (Å²) in [7, 11) is -3.45. The first kappa shape index (κ1) is 18.2. The second kappa shape index (κ2) is 6.42. The van der Waals surface area contributed by atoms with Crippen LogP contribution in [0.2, 0.25) is 0 Å². The first-order valence-electron chi connectivity index (χ1n) is 7.56. The van der Waals surface area contributed by atoms with Crippen LogP contribution in [-0.4, -0.2) is 25.2 Å². The Morgan fingerprint density at radius 3 is 2.48 bits per heavy atom. The molecule has 0 aromatic heterocycles. The van der Waals surface area contributed by atoms with Gasteiger partial charge in [-0.15, -0.1) is 0 Å². The van der Waals surface area contributed by atoms with Crippen molar-refractivity contribution in [3.05, 3.63) is 28.2 Å². The van der Waals surface area contributed by atoms with Gasteiger partial charge in [0.05, 0.1) is 11.3 Å². The molecule has 1 aromatic carbocycles. The molecule has 1 fully saturated rings. The fraction of sp³-hybridized carbons (Fsp3) is 0.562. The summed E-state index contributed by atoms with van der Waals surface area (Å²) in [5.41, 5.74) is 0.636. The molecule has 7 heteroatoms. The van der Waals surface area contributed by atoms with Gasteiger partial charge in [-0.05, 0) is 61.7 Å². The quantitative estimate of drug-likeness (QED) is 0.794. The van der Waals surface area contributed by atoms with Gasteiger partial charge < -0.3 is 5.32 Å². The first-order valence-corrected chi connectivity index (χ1v) is 9.84. The molecule has 0 heterocycles. The molecule has 1 aromatic rings. The van der Waals surface area contributed by atoms with Crippen molar-refractivity contribution in [3.63, 3.8) is 0 Å². The lowest BCUT2D eigenvalue weighted by molar-refractivity contribution is 0.339. The van der Waals surface area contributed by atoms with E-state index in [-0.39, 0.29) is 0 Å². The van der Waals surface area contributed by atoms with Crippen molar-refractivity contribution in [2.24, 2.45) is 0 Å². The number of anilines is 1. The number of hydrogen-bond acceptors (Lipinski definition) is 4. The molecule has 2 N–H and O–H groups in total. The van der Waals surface area contributed by atoms with Gasteiger partial charge in [-0.3, -0.25) is 0 Å². The molecule has 0 saturated heterocycles. The molecule has 0 unspecified atom stereocenters. The number of nitrogens with one attached hydrogen (secondary N) is 2. The van der Waals surface area contributed by atoms with E-state index in [1.807, 2.05) is 26.8 Å². The lowest BCUT2D eigenvalue weighted by Gasteiger charge is -2.42. The van der Waals surface area contributed by atoms with Gasteiger partial charge in [0.25, 0.3) is 0 Å². The lowest BCUT2D eigenvalue weighted by Crippen LogP contribution is -2.58. The molecule has 0 amide bonds. The van der Waals surface area contributed by atoms with Gasteiger partial charge in [0.2, 0.25) is 10.0 Å². The van der Waals surface area contributed by atoms with E-state index in [0.717, 1.165) is 6.42 Å². The number of benzene rings is 1. The molecule has 0 radical (unpaired) electrons. The van der Waals surface area contributed by atoms with Crippen molar-refractivity contribution < 1.29 is 8.42 Å². The second-order valence-corrected chi connectivity index (χ2v) is 9.95. The molecule has 0 spiro atoms. The average Bonchev–Trinajstić information content (AvgIpc) is 2.34. The standard InChI is InChI=1S/C16H22BrN3O2S/c1-15(2,3)20-23(21,22)16(8-5-9-16)11-19-14-7-4-6-13(17)12(14)10-18/h4,6-7,19-20H,5,8-9,11H2,1-3H3. The Hall–Kier alpha value is -1.10. The second-order valence-electron chi connectivity index (χ2n) is 7.02. The Bertz CT molecular complexity index is 729. The van der Waals surface area contributed by atoms with Crippen LogP contribution in [0, 0.1) is 11.3 Å². The van der Waals surface area contributed by atoms with Gasteiger partial charge in [0.15, 0.2) is 0 Å². The maximum Gasteiger partial charge on any atom is 0.219 e. The molecule has 1 aliphatic rings. The highest BCUT2D eigenvalue weighted by Gasteiger charge is 2.49. The van der Waals surface area contributed by atoms with Crippen molar-refractivity contribution >= 4 is 31.6 Å². The zero-order valence-corrected chi connectivity index (χ0v) is 16.0. The van der Waals surface area contributed by atoms with Crippen LogP contribution in [0.4, 0.5) is 5.69 Å². The van der Waals surface area contributed by atoms with E-state index in [9.17, 15) is 13.7 Å². The monoisotopic (exact) mass is 399 g/mol. The Kier molecular flexibility index (Phi) is 5.09. The minimum Gasteiger partial charge on any atom is -0.382 e. The molecule has 1 aliphatic carbocycles. The van der Waals surface area contributed by atoms with E-state index in [0.29, 0.717) is 35.1 Å². The van der Waals surface area contributed by atoms with E-state index >= 15 is 0 Å². The minimum atomic E-state index is -3.45. The van der Waals surface area contributed by atoms with Crippen LogP contribution in [0.3, 0.4) is 0 Å². The van der Waals surface area contributed by atoms with Gasteiger partial charge >= 0.3 is 0 Å². The third-order valence-electron chi connectivity index (χ3n) is 4.00. The fourth-order valence-corrected chi connectivity index (χ4v) is 5.23. The summed E-state index contributed by atoms with van der Waals surface area (Å²) in [5, 5.41) is 12.4. The number of rotatable bonds is 5. The topological polar surface area (TPSA) is 82.0 Å². The Labute approximate surface area is 146 Å². The Balaban J connectivity index is 2.21. The summed E-state index contributed by atoms with van der Waals surface area (Å²) in [6, 6.07) is 7.54. The van der Waals surface area contributed by atoms with Crippen LogP contribution in [0.1, 0.15) is 45.6 Å². The normalized spacial score (nSPS) is 17.2. The molecule has 0 atom stereocenters. The van der Waals surface area contributed by atoms with Gasteiger partial charge in [0, 0.05) is 16.6 Å². The highest BCUT2D eigenvalue weighted by atomic mass is 79.9. The van der Waals surface area contributed by atoms with E-state index in [1.165, 1.54) is 0 Å². The number of nitriles is 1. The number of hydrogen-bond donors (Lipinski definition) is 2.